The van der Waals surface area contributed by atoms with Crippen molar-refractivity contribution in [3.8, 4) is 0 Å². The SMILES string of the molecule is CSc1ccc[n+](COC[n+]2ccc(C=NO)cc2)c1. The Morgan fingerprint density at radius 1 is 1.20 bits per heavy atom. The molecule has 0 saturated heterocycles. The normalized spacial score (nSPS) is 11.1. The van der Waals surface area contributed by atoms with Gasteiger partial charge in [0.15, 0.2) is 24.8 Å². The number of nitrogens with zero attached hydrogens (tertiary/aromatic N) is 3. The number of thioether (sulfide) groups is 1. The lowest BCUT2D eigenvalue weighted by atomic mass is 10.3. The Kier molecular flexibility index (Phi) is 5.52. The van der Waals surface area contributed by atoms with Crippen molar-refractivity contribution in [3.63, 3.8) is 0 Å². The van der Waals surface area contributed by atoms with E-state index < -0.39 is 0 Å². The Balaban J connectivity index is 1.85. The highest BCUT2D eigenvalue weighted by molar-refractivity contribution is 7.98. The summed E-state index contributed by atoms with van der Waals surface area (Å²) in [5.74, 6) is 0. The Hall–Kier alpha value is -1.92. The Bertz CT molecular complexity index is 573. The van der Waals surface area contributed by atoms with Gasteiger partial charge in [-0.2, -0.15) is 9.13 Å². The molecule has 6 heteroatoms. The molecule has 0 aromatic carbocycles. The molecule has 0 radical (unpaired) electrons. The monoisotopic (exact) mass is 291 g/mol. The first kappa shape index (κ1) is 14.5. The van der Waals surface area contributed by atoms with Gasteiger partial charge in [0.05, 0.1) is 11.1 Å². The first-order valence-electron chi connectivity index (χ1n) is 6.09. The molecule has 0 atom stereocenters. The fraction of sp³-hybridized carbons (Fsp3) is 0.214. The zero-order chi connectivity index (χ0) is 14.2. The van der Waals surface area contributed by atoms with Gasteiger partial charge in [0, 0.05) is 23.8 Å². The van der Waals surface area contributed by atoms with Crippen molar-refractivity contribution in [1.29, 1.82) is 0 Å². The summed E-state index contributed by atoms with van der Waals surface area (Å²) in [4.78, 5) is 1.20. The van der Waals surface area contributed by atoms with E-state index in [1.807, 2.05) is 52.2 Å². The minimum atomic E-state index is 0.465. The minimum absolute atomic E-state index is 0.465. The van der Waals surface area contributed by atoms with Crippen LogP contribution in [0.4, 0.5) is 0 Å². The number of rotatable bonds is 6. The molecule has 2 heterocycles. The summed E-state index contributed by atoms with van der Waals surface area (Å²) in [5.41, 5.74) is 0.839. The Morgan fingerprint density at radius 2 is 1.95 bits per heavy atom. The maximum absolute atomic E-state index is 8.43. The van der Waals surface area contributed by atoms with Gasteiger partial charge in [0.1, 0.15) is 0 Å². The van der Waals surface area contributed by atoms with Gasteiger partial charge < -0.3 is 5.21 Å². The lowest BCUT2D eigenvalue weighted by Gasteiger charge is -1.99. The molecule has 0 amide bonds. The third kappa shape index (κ3) is 4.32. The minimum Gasteiger partial charge on any atom is -0.411 e. The van der Waals surface area contributed by atoms with Gasteiger partial charge in [-0.3, -0.25) is 4.74 Å². The Morgan fingerprint density at radius 3 is 2.65 bits per heavy atom. The van der Waals surface area contributed by atoms with Crippen molar-refractivity contribution in [3.05, 3.63) is 54.6 Å². The molecule has 5 nitrogen and oxygen atoms in total. The van der Waals surface area contributed by atoms with Crippen LogP contribution in [0.5, 0.6) is 0 Å². The third-order valence-electron chi connectivity index (χ3n) is 2.67. The van der Waals surface area contributed by atoms with Crippen molar-refractivity contribution in [2.24, 2.45) is 5.16 Å². The van der Waals surface area contributed by atoms with Crippen LogP contribution < -0.4 is 9.13 Å². The molecular weight excluding hydrogens is 274 g/mol. The second-order valence-corrected chi connectivity index (χ2v) is 4.99. The zero-order valence-electron chi connectivity index (χ0n) is 11.2. The summed E-state index contributed by atoms with van der Waals surface area (Å²) >= 11 is 1.70. The first-order chi connectivity index (χ1) is 9.81. The van der Waals surface area contributed by atoms with Crippen molar-refractivity contribution in [2.45, 2.75) is 18.4 Å². The second kappa shape index (κ2) is 7.62. The van der Waals surface area contributed by atoms with Crippen LogP contribution in [-0.2, 0) is 18.2 Å². The van der Waals surface area contributed by atoms with E-state index in [2.05, 4.69) is 17.4 Å². The summed E-state index contributed by atoms with van der Waals surface area (Å²) in [6.07, 6.45) is 11.2. The number of ether oxygens (including phenoxy) is 1. The molecule has 2 rings (SSSR count). The smallest absolute Gasteiger partial charge is 0.257 e. The Labute approximate surface area is 122 Å². The molecule has 0 unspecified atom stereocenters. The average molecular weight is 291 g/mol. The van der Waals surface area contributed by atoms with Crippen LogP contribution >= 0.6 is 11.8 Å². The number of oxime groups is 1. The molecule has 1 N–H and O–H groups in total. The number of hydrogen-bond donors (Lipinski definition) is 1. The second-order valence-electron chi connectivity index (χ2n) is 4.11. The van der Waals surface area contributed by atoms with E-state index >= 15 is 0 Å². The molecule has 0 aliphatic carbocycles. The van der Waals surface area contributed by atoms with Crippen LogP contribution in [0.1, 0.15) is 5.56 Å². The lowest BCUT2D eigenvalue weighted by molar-refractivity contribution is -0.789. The topological polar surface area (TPSA) is 49.6 Å². The average Bonchev–Trinajstić information content (AvgIpc) is 2.50. The van der Waals surface area contributed by atoms with Crippen molar-refractivity contribution >= 4 is 18.0 Å². The van der Waals surface area contributed by atoms with Gasteiger partial charge in [-0.15, -0.1) is 11.8 Å². The van der Waals surface area contributed by atoms with Crippen molar-refractivity contribution < 1.29 is 19.1 Å². The molecule has 0 spiro atoms. The highest BCUT2D eigenvalue weighted by Crippen LogP contribution is 2.09. The summed E-state index contributed by atoms with van der Waals surface area (Å²) in [7, 11) is 0. The van der Waals surface area contributed by atoms with E-state index in [1.54, 1.807) is 11.8 Å². The van der Waals surface area contributed by atoms with Crippen LogP contribution in [0.2, 0.25) is 0 Å². The van der Waals surface area contributed by atoms with Crippen molar-refractivity contribution in [1.82, 2.24) is 0 Å². The van der Waals surface area contributed by atoms with E-state index in [9.17, 15) is 0 Å². The maximum Gasteiger partial charge on any atom is 0.257 e. The van der Waals surface area contributed by atoms with E-state index in [4.69, 9.17) is 9.94 Å². The van der Waals surface area contributed by atoms with Gasteiger partial charge in [-0.25, -0.2) is 0 Å². The number of hydrogen-bond acceptors (Lipinski definition) is 4. The predicted octanol–water partition coefficient (Wildman–Crippen LogP) is 1.42. The zero-order valence-corrected chi connectivity index (χ0v) is 12.0. The molecule has 0 bridgehead atoms. The molecule has 104 valence electrons. The fourth-order valence-corrected chi connectivity index (χ4v) is 2.11. The first-order valence-corrected chi connectivity index (χ1v) is 7.31. The summed E-state index contributed by atoms with van der Waals surface area (Å²) in [6.45, 7) is 0.967. The molecule has 2 aromatic heterocycles. The number of pyridine rings is 2. The van der Waals surface area contributed by atoms with Gasteiger partial charge >= 0.3 is 0 Å². The molecule has 0 fully saturated rings. The molecule has 0 saturated carbocycles. The summed E-state index contributed by atoms with van der Waals surface area (Å²) in [6, 6.07) is 7.78. The molecule has 2 aromatic rings. The van der Waals surface area contributed by atoms with Crippen LogP contribution in [0.25, 0.3) is 0 Å². The van der Waals surface area contributed by atoms with Crippen LogP contribution in [0.3, 0.4) is 0 Å². The van der Waals surface area contributed by atoms with Gasteiger partial charge in [-0.05, 0) is 12.3 Å². The lowest BCUT2D eigenvalue weighted by Crippen LogP contribution is -2.40. The van der Waals surface area contributed by atoms with Gasteiger partial charge in [0.25, 0.3) is 13.5 Å². The van der Waals surface area contributed by atoms with Gasteiger partial charge in [-0.1, -0.05) is 5.16 Å². The standard InChI is InChI=1S/C14H16N3O2S/c1-20-14-3-2-6-17(10-14)12-19-11-16-7-4-13(5-8-16)9-15-18/h2-10H,11-12H2,1H3/q+1/p+1. The maximum atomic E-state index is 8.43. The van der Waals surface area contributed by atoms with E-state index in [0.717, 1.165) is 5.56 Å². The molecule has 0 aliphatic rings. The summed E-state index contributed by atoms with van der Waals surface area (Å²) < 4.78 is 9.55. The van der Waals surface area contributed by atoms with Crippen LogP contribution in [0.15, 0.2) is 59.1 Å². The number of aromatic nitrogens is 2. The predicted molar refractivity (Wildman–Crippen MR) is 75.5 cm³/mol. The molecule has 0 aliphatic heterocycles. The van der Waals surface area contributed by atoms with Crippen LogP contribution in [-0.4, -0.2) is 17.7 Å². The van der Waals surface area contributed by atoms with Crippen molar-refractivity contribution in [2.75, 3.05) is 6.26 Å². The highest BCUT2D eigenvalue weighted by Gasteiger charge is 2.05. The van der Waals surface area contributed by atoms with E-state index in [-0.39, 0.29) is 0 Å². The summed E-state index contributed by atoms with van der Waals surface area (Å²) in [5, 5.41) is 11.4. The van der Waals surface area contributed by atoms with E-state index in [0.29, 0.717) is 13.5 Å². The fourth-order valence-electron chi connectivity index (χ4n) is 1.66. The third-order valence-corrected chi connectivity index (χ3v) is 3.38. The van der Waals surface area contributed by atoms with Crippen LogP contribution in [0, 0.1) is 0 Å². The molecular formula is C14H17N3O2S+2. The van der Waals surface area contributed by atoms with Gasteiger partial charge in [0.2, 0.25) is 0 Å². The quantitative estimate of drug-likeness (QED) is 0.288. The largest absolute Gasteiger partial charge is 0.411 e. The highest BCUT2D eigenvalue weighted by atomic mass is 32.2. The van der Waals surface area contributed by atoms with E-state index in [1.165, 1.54) is 11.1 Å². The molecule has 20 heavy (non-hydrogen) atoms.